The Morgan fingerprint density at radius 3 is 2.48 bits per heavy atom. The van der Waals surface area contributed by atoms with Crippen LogP contribution >= 0.6 is 31.9 Å². The van der Waals surface area contributed by atoms with Crippen molar-refractivity contribution in [3.05, 3.63) is 68.6 Å². The zero-order valence-electron chi connectivity index (χ0n) is 11.2. The van der Waals surface area contributed by atoms with E-state index in [0.717, 1.165) is 10.0 Å². The van der Waals surface area contributed by atoms with Gasteiger partial charge in [0, 0.05) is 8.95 Å². The molecular weight excluding hydrogens is 398 g/mol. The molecule has 5 heteroatoms. The molecule has 21 heavy (non-hydrogen) atoms. The molecule has 2 N–H and O–H groups in total. The van der Waals surface area contributed by atoms with Crippen LogP contribution in [0.15, 0.2) is 57.5 Å². The molecule has 2 aromatic carbocycles. The number of hydrogen-bond acceptors (Lipinski definition) is 2. The van der Waals surface area contributed by atoms with E-state index in [1.165, 1.54) is 0 Å². The van der Waals surface area contributed by atoms with Crippen LogP contribution < -0.4 is 5.32 Å². The van der Waals surface area contributed by atoms with E-state index >= 15 is 0 Å². The van der Waals surface area contributed by atoms with Gasteiger partial charge in [-0.3, -0.25) is 4.79 Å². The van der Waals surface area contributed by atoms with E-state index in [0.29, 0.717) is 16.5 Å². The van der Waals surface area contributed by atoms with Crippen molar-refractivity contribution in [1.29, 1.82) is 0 Å². The number of rotatable bonds is 5. The molecule has 0 saturated heterocycles. The van der Waals surface area contributed by atoms with E-state index in [1.54, 1.807) is 6.07 Å². The molecule has 110 valence electrons. The van der Waals surface area contributed by atoms with Gasteiger partial charge >= 0.3 is 0 Å². The van der Waals surface area contributed by atoms with Crippen LogP contribution in [-0.4, -0.2) is 23.7 Å². The van der Waals surface area contributed by atoms with Crippen molar-refractivity contribution in [2.45, 2.75) is 12.5 Å². The second-order valence-corrected chi connectivity index (χ2v) is 6.44. The maximum atomic E-state index is 12.3. The van der Waals surface area contributed by atoms with Gasteiger partial charge in [-0.2, -0.15) is 0 Å². The fraction of sp³-hybridized carbons (Fsp3) is 0.188. The lowest BCUT2D eigenvalue weighted by molar-refractivity contribution is 0.0915. The monoisotopic (exact) mass is 411 g/mol. The molecule has 0 heterocycles. The standard InChI is InChI=1S/C16H15Br2NO2/c17-12-6-7-14(15(18)9-12)16(21)19-13(10-20)8-11-4-2-1-3-5-11/h1-7,9,13,20H,8,10H2,(H,19,21). The van der Waals surface area contributed by atoms with Gasteiger partial charge in [0.25, 0.3) is 5.91 Å². The Hall–Kier alpha value is -1.17. The lowest BCUT2D eigenvalue weighted by Crippen LogP contribution is -2.39. The van der Waals surface area contributed by atoms with Crippen molar-refractivity contribution in [3.8, 4) is 0 Å². The fourth-order valence-corrected chi connectivity index (χ4v) is 3.22. The van der Waals surface area contributed by atoms with Crippen LogP contribution in [0.5, 0.6) is 0 Å². The van der Waals surface area contributed by atoms with Gasteiger partial charge < -0.3 is 10.4 Å². The normalized spacial score (nSPS) is 12.0. The third-order valence-electron chi connectivity index (χ3n) is 3.06. The summed E-state index contributed by atoms with van der Waals surface area (Å²) in [5, 5.41) is 12.3. The quantitative estimate of drug-likeness (QED) is 0.788. The van der Waals surface area contributed by atoms with Gasteiger partial charge in [-0.15, -0.1) is 0 Å². The van der Waals surface area contributed by atoms with Crippen molar-refractivity contribution < 1.29 is 9.90 Å². The predicted octanol–water partition coefficient (Wildman–Crippen LogP) is 3.55. The lowest BCUT2D eigenvalue weighted by Gasteiger charge is -2.17. The molecule has 0 aromatic heterocycles. The molecule has 0 radical (unpaired) electrons. The van der Waals surface area contributed by atoms with Gasteiger partial charge in [0.15, 0.2) is 0 Å². The van der Waals surface area contributed by atoms with Crippen LogP contribution in [-0.2, 0) is 6.42 Å². The lowest BCUT2D eigenvalue weighted by atomic mass is 10.1. The number of aliphatic hydroxyl groups excluding tert-OH is 1. The van der Waals surface area contributed by atoms with E-state index in [-0.39, 0.29) is 18.6 Å². The summed E-state index contributed by atoms with van der Waals surface area (Å²) in [5.74, 6) is -0.204. The first-order chi connectivity index (χ1) is 10.1. The molecule has 0 aliphatic rings. The Bertz CT molecular complexity index is 617. The number of carbonyl (C=O) groups is 1. The van der Waals surface area contributed by atoms with Gasteiger partial charge in [0.05, 0.1) is 18.2 Å². The molecule has 0 fully saturated rings. The van der Waals surface area contributed by atoms with E-state index in [9.17, 15) is 9.90 Å². The minimum atomic E-state index is -0.310. The first kappa shape index (κ1) is 16.2. The maximum Gasteiger partial charge on any atom is 0.252 e. The summed E-state index contributed by atoms with van der Waals surface area (Å²) in [6.45, 7) is -0.102. The zero-order chi connectivity index (χ0) is 15.2. The van der Waals surface area contributed by atoms with Gasteiger partial charge in [0.2, 0.25) is 0 Å². The Kier molecular flexibility index (Phi) is 5.96. The highest BCUT2D eigenvalue weighted by molar-refractivity contribution is 9.11. The minimum absolute atomic E-state index is 0.102. The maximum absolute atomic E-state index is 12.3. The minimum Gasteiger partial charge on any atom is -0.394 e. The number of amides is 1. The number of carbonyl (C=O) groups excluding carboxylic acids is 1. The summed E-state index contributed by atoms with van der Waals surface area (Å²) < 4.78 is 1.61. The van der Waals surface area contributed by atoms with E-state index in [4.69, 9.17) is 0 Å². The molecule has 3 nitrogen and oxygen atoms in total. The van der Waals surface area contributed by atoms with Gasteiger partial charge in [-0.1, -0.05) is 46.3 Å². The molecule has 0 aliphatic heterocycles. The number of benzene rings is 2. The topological polar surface area (TPSA) is 49.3 Å². The van der Waals surface area contributed by atoms with E-state index < -0.39 is 0 Å². The molecule has 0 saturated carbocycles. The Labute approximate surface area is 140 Å². The summed E-state index contributed by atoms with van der Waals surface area (Å²) >= 11 is 6.73. The third kappa shape index (κ3) is 4.66. The van der Waals surface area contributed by atoms with Crippen molar-refractivity contribution in [2.75, 3.05) is 6.61 Å². The molecule has 2 aromatic rings. The molecule has 1 unspecified atom stereocenters. The van der Waals surface area contributed by atoms with Crippen LogP contribution in [0.1, 0.15) is 15.9 Å². The van der Waals surface area contributed by atoms with Crippen molar-refractivity contribution in [2.24, 2.45) is 0 Å². The summed E-state index contributed by atoms with van der Waals surface area (Å²) in [6.07, 6.45) is 0.594. The van der Waals surface area contributed by atoms with Crippen molar-refractivity contribution in [1.82, 2.24) is 5.32 Å². The molecule has 2 rings (SSSR count). The molecule has 0 spiro atoms. The molecular formula is C16H15Br2NO2. The second-order valence-electron chi connectivity index (χ2n) is 4.67. The molecule has 0 aliphatic carbocycles. The predicted molar refractivity (Wildman–Crippen MR) is 90.3 cm³/mol. The molecule has 1 atom stereocenters. The highest BCUT2D eigenvalue weighted by Gasteiger charge is 2.15. The van der Waals surface area contributed by atoms with Crippen molar-refractivity contribution >= 4 is 37.8 Å². The second kappa shape index (κ2) is 7.73. The van der Waals surface area contributed by atoms with Crippen LogP contribution in [0.2, 0.25) is 0 Å². The summed E-state index contributed by atoms with van der Waals surface area (Å²) in [6, 6.07) is 14.8. The first-order valence-electron chi connectivity index (χ1n) is 6.51. The fourth-order valence-electron chi connectivity index (χ4n) is 2.00. The van der Waals surface area contributed by atoms with Crippen LogP contribution in [0.3, 0.4) is 0 Å². The Balaban J connectivity index is 2.06. The summed E-state index contributed by atoms with van der Waals surface area (Å²) in [7, 11) is 0. The summed E-state index contributed by atoms with van der Waals surface area (Å²) in [5.41, 5.74) is 1.62. The zero-order valence-corrected chi connectivity index (χ0v) is 14.4. The number of aliphatic hydroxyl groups is 1. The van der Waals surface area contributed by atoms with Gasteiger partial charge in [0.1, 0.15) is 0 Å². The van der Waals surface area contributed by atoms with Crippen molar-refractivity contribution in [3.63, 3.8) is 0 Å². The van der Waals surface area contributed by atoms with E-state index in [1.807, 2.05) is 42.5 Å². The van der Waals surface area contributed by atoms with Crippen LogP contribution in [0, 0.1) is 0 Å². The number of nitrogens with one attached hydrogen (secondary N) is 1. The van der Waals surface area contributed by atoms with E-state index in [2.05, 4.69) is 37.2 Å². The third-order valence-corrected chi connectivity index (χ3v) is 4.21. The van der Waals surface area contributed by atoms with Crippen LogP contribution in [0.25, 0.3) is 0 Å². The average Bonchev–Trinajstić information content (AvgIpc) is 2.47. The van der Waals surface area contributed by atoms with Gasteiger partial charge in [-0.25, -0.2) is 0 Å². The highest BCUT2D eigenvalue weighted by atomic mass is 79.9. The summed E-state index contributed by atoms with van der Waals surface area (Å²) in [4.78, 5) is 12.3. The molecule has 1 amide bonds. The number of halogens is 2. The van der Waals surface area contributed by atoms with Gasteiger partial charge in [-0.05, 0) is 46.1 Å². The Morgan fingerprint density at radius 1 is 1.14 bits per heavy atom. The Morgan fingerprint density at radius 2 is 1.86 bits per heavy atom. The van der Waals surface area contributed by atoms with Crippen LogP contribution in [0.4, 0.5) is 0 Å². The first-order valence-corrected chi connectivity index (χ1v) is 8.09. The number of hydrogen-bond donors (Lipinski definition) is 2. The molecule has 0 bridgehead atoms. The highest BCUT2D eigenvalue weighted by Crippen LogP contribution is 2.22. The smallest absolute Gasteiger partial charge is 0.252 e. The average molecular weight is 413 g/mol. The largest absolute Gasteiger partial charge is 0.394 e. The SMILES string of the molecule is O=C(NC(CO)Cc1ccccc1)c1ccc(Br)cc1Br.